The van der Waals surface area contributed by atoms with E-state index in [0.717, 1.165) is 23.9 Å². The molecule has 9 nitrogen and oxygen atoms in total. The second-order valence-corrected chi connectivity index (χ2v) is 6.94. The Kier molecular flexibility index (Phi) is 2.65. The van der Waals surface area contributed by atoms with Crippen molar-refractivity contribution < 1.29 is 9.50 Å². The van der Waals surface area contributed by atoms with E-state index in [9.17, 15) is 9.50 Å². The van der Waals surface area contributed by atoms with Crippen molar-refractivity contribution in [1.29, 1.82) is 0 Å². The second kappa shape index (κ2) is 4.86. The van der Waals surface area contributed by atoms with E-state index in [-0.39, 0.29) is 0 Å². The summed E-state index contributed by atoms with van der Waals surface area (Å²) in [6, 6.07) is 7.36. The lowest BCUT2D eigenvalue weighted by molar-refractivity contribution is 0.149. The van der Waals surface area contributed by atoms with Crippen molar-refractivity contribution in [3.05, 3.63) is 48.4 Å². The molecule has 6 rings (SSSR count). The van der Waals surface area contributed by atoms with Gasteiger partial charge >= 0.3 is 0 Å². The first-order chi connectivity index (χ1) is 13.1. The van der Waals surface area contributed by atoms with E-state index in [1.54, 1.807) is 10.6 Å². The van der Waals surface area contributed by atoms with Crippen LogP contribution in [0.4, 0.5) is 4.39 Å². The van der Waals surface area contributed by atoms with Crippen molar-refractivity contribution in [3.63, 3.8) is 0 Å². The quantitative estimate of drug-likeness (QED) is 0.518. The lowest BCUT2D eigenvalue weighted by Crippen LogP contribution is -2.16. The third-order valence-corrected chi connectivity index (χ3v) is 5.11. The average molecular weight is 364 g/mol. The number of hydrogen-bond acceptors (Lipinski definition) is 6. The molecule has 0 spiro atoms. The molecular weight excluding hydrogens is 351 g/mol. The first-order valence-electron chi connectivity index (χ1n) is 8.56. The Balaban J connectivity index is 1.70. The minimum absolute atomic E-state index is 0.373. The largest absolute Gasteiger partial charge is 0.389 e. The van der Waals surface area contributed by atoms with Crippen molar-refractivity contribution in [2.24, 2.45) is 0 Å². The van der Waals surface area contributed by atoms with Crippen LogP contribution >= 0.6 is 0 Å². The Hall–Kier alpha value is -3.40. The van der Waals surface area contributed by atoms with Crippen LogP contribution in [0, 0.1) is 6.08 Å². The highest BCUT2D eigenvalue weighted by molar-refractivity contribution is 5.94. The summed E-state index contributed by atoms with van der Waals surface area (Å²) in [4.78, 5) is 3.82. The lowest BCUT2D eigenvalue weighted by atomic mass is 10.2. The number of fused-ring (bicyclic) bond motifs is 6. The fraction of sp³-hybridized carbons (Fsp3) is 0.235. The normalized spacial score (nSPS) is 15.9. The molecule has 1 aliphatic rings. The number of aliphatic hydroxyl groups is 1. The van der Waals surface area contributed by atoms with Crippen molar-refractivity contribution in [2.45, 2.75) is 24.9 Å². The molecule has 0 atom stereocenters. The van der Waals surface area contributed by atoms with E-state index in [1.807, 2.05) is 24.3 Å². The van der Waals surface area contributed by atoms with E-state index in [1.165, 1.54) is 15.3 Å². The van der Waals surface area contributed by atoms with Gasteiger partial charge < -0.3 is 5.11 Å². The molecule has 0 amide bonds. The van der Waals surface area contributed by atoms with Gasteiger partial charge in [-0.25, -0.2) is 9.38 Å². The topological polar surface area (TPSA) is 98.4 Å². The minimum Gasteiger partial charge on any atom is -0.389 e. The highest BCUT2D eigenvalue weighted by Gasteiger charge is 2.41. The molecule has 4 aromatic heterocycles. The van der Waals surface area contributed by atoms with E-state index in [2.05, 4.69) is 25.5 Å². The predicted octanol–water partition coefficient (Wildman–Crippen LogP) is 1.32. The van der Waals surface area contributed by atoms with Gasteiger partial charge in [0.2, 0.25) is 0 Å². The van der Waals surface area contributed by atoms with Crippen LogP contribution in [0.1, 0.15) is 18.5 Å². The molecule has 5 aromatic rings. The number of halogens is 1. The average Bonchev–Trinajstić information content (AvgIpc) is 3.06. The number of para-hydroxylation sites is 1. The van der Waals surface area contributed by atoms with Crippen molar-refractivity contribution in [3.8, 4) is 5.95 Å². The maximum Gasteiger partial charge on any atom is 0.295 e. The molecule has 1 aliphatic carbocycles. The first-order valence-corrected chi connectivity index (χ1v) is 8.56. The monoisotopic (exact) mass is 364 g/mol. The van der Waals surface area contributed by atoms with Crippen LogP contribution in [0.15, 0.2) is 36.7 Å². The SMILES string of the molecule is OC1(Cc2cnnn2-c2nnc3c4ccccc4n4c(F)ncc4n23)CC1. The summed E-state index contributed by atoms with van der Waals surface area (Å²) in [6.45, 7) is 0. The maximum absolute atomic E-state index is 14.4. The highest BCUT2D eigenvalue weighted by Crippen LogP contribution is 2.38. The molecule has 27 heavy (non-hydrogen) atoms. The van der Waals surface area contributed by atoms with E-state index >= 15 is 0 Å². The van der Waals surface area contributed by atoms with Gasteiger partial charge in [-0.15, -0.1) is 15.3 Å². The third-order valence-electron chi connectivity index (χ3n) is 5.11. The van der Waals surface area contributed by atoms with Gasteiger partial charge in [-0.2, -0.15) is 9.07 Å². The van der Waals surface area contributed by atoms with Crippen LogP contribution in [-0.4, -0.2) is 49.7 Å². The van der Waals surface area contributed by atoms with Crippen LogP contribution in [0.2, 0.25) is 0 Å². The summed E-state index contributed by atoms with van der Waals surface area (Å²) in [5.74, 6) is 0.373. The van der Waals surface area contributed by atoms with Gasteiger partial charge in [0.1, 0.15) is 5.65 Å². The van der Waals surface area contributed by atoms with Crippen molar-refractivity contribution in [2.75, 3.05) is 0 Å². The fourth-order valence-corrected chi connectivity index (χ4v) is 3.56. The number of nitrogens with zero attached hydrogens (tertiary/aromatic N) is 8. The maximum atomic E-state index is 14.4. The molecule has 0 aliphatic heterocycles. The molecule has 1 aromatic carbocycles. The number of benzene rings is 1. The Morgan fingerprint density at radius 2 is 1.96 bits per heavy atom. The van der Waals surface area contributed by atoms with Gasteiger partial charge in [0.15, 0.2) is 5.65 Å². The second-order valence-electron chi connectivity index (χ2n) is 6.94. The minimum atomic E-state index is -0.704. The smallest absolute Gasteiger partial charge is 0.295 e. The lowest BCUT2D eigenvalue weighted by Gasteiger charge is -2.10. The molecule has 1 N–H and O–H groups in total. The van der Waals surface area contributed by atoms with Gasteiger partial charge in [0.05, 0.1) is 29.2 Å². The van der Waals surface area contributed by atoms with E-state index in [0.29, 0.717) is 29.2 Å². The molecule has 1 saturated carbocycles. The highest BCUT2D eigenvalue weighted by atomic mass is 19.1. The third kappa shape index (κ3) is 1.98. The molecule has 0 unspecified atom stereocenters. The molecule has 1 fully saturated rings. The van der Waals surface area contributed by atoms with Gasteiger partial charge in [-0.3, -0.25) is 4.40 Å². The predicted molar refractivity (Wildman–Crippen MR) is 92.0 cm³/mol. The Bertz CT molecular complexity index is 1350. The number of rotatable bonds is 3. The zero-order valence-electron chi connectivity index (χ0n) is 14.0. The first kappa shape index (κ1) is 14.7. The van der Waals surface area contributed by atoms with Gasteiger partial charge in [0, 0.05) is 11.8 Å². The summed E-state index contributed by atoms with van der Waals surface area (Å²) >= 11 is 0. The van der Waals surface area contributed by atoms with Crippen LogP contribution in [0.3, 0.4) is 0 Å². The van der Waals surface area contributed by atoms with E-state index < -0.39 is 11.7 Å². The number of imidazole rings is 1. The summed E-state index contributed by atoms with van der Waals surface area (Å²) in [5, 5.41) is 27.7. The molecule has 0 bridgehead atoms. The number of hydrogen-bond donors (Lipinski definition) is 1. The van der Waals surface area contributed by atoms with Crippen LogP contribution in [0.5, 0.6) is 0 Å². The summed E-state index contributed by atoms with van der Waals surface area (Å²) in [5.41, 5.74) is 1.72. The molecule has 4 heterocycles. The Labute approximate surface area is 150 Å². The summed E-state index contributed by atoms with van der Waals surface area (Å²) in [7, 11) is 0. The molecule has 0 radical (unpaired) electrons. The zero-order valence-corrected chi connectivity index (χ0v) is 14.0. The van der Waals surface area contributed by atoms with E-state index in [4.69, 9.17) is 0 Å². The van der Waals surface area contributed by atoms with Gasteiger partial charge in [-0.05, 0) is 25.0 Å². The Morgan fingerprint density at radius 3 is 2.81 bits per heavy atom. The summed E-state index contributed by atoms with van der Waals surface area (Å²) in [6.07, 6.45) is 4.35. The number of aromatic nitrogens is 8. The zero-order chi connectivity index (χ0) is 18.2. The van der Waals surface area contributed by atoms with Crippen LogP contribution in [0.25, 0.3) is 28.1 Å². The molecule has 134 valence electrons. The summed E-state index contributed by atoms with van der Waals surface area (Å²) < 4.78 is 19.1. The van der Waals surface area contributed by atoms with Crippen LogP contribution < -0.4 is 0 Å². The molecule has 10 heteroatoms. The van der Waals surface area contributed by atoms with Gasteiger partial charge in [-0.1, -0.05) is 17.3 Å². The van der Waals surface area contributed by atoms with Gasteiger partial charge in [0.25, 0.3) is 12.0 Å². The van der Waals surface area contributed by atoms with Crippen molar-refractivity contribution in [1.82, 2.24) is 39.0 Å². The molecule has 0 saturated heterocycles. The van der Waals surface area contributed by atoms with Crippen molar-refractivity contribution >= 4 is 22.2 Å². The van der Waals surface area contributed by atoms with Crippen LogP contribution in [-0.2, 0) is 6.42 Å². The molecular formula is C17H13FN8O. The fourth-order valence-electron chi connectivity index (χ4n) is 3.56. The standard InChI is InChI=1S/C17H13FN8O/c18-15-19-9-13-24(15)12-4-2-1-3-11(12)14-21-22-16(25(13)14)26-10(8-20-23-26)7-17(27)5-6-17/h1-4,8-9,27H,5-7H2. The Morgan fingerprint density at radius 1 is 1.11 bits per heavy atom.